The van der Waals surface area contributed by atoms with Crippen LogP contribution in [0.4, 0.5) is 0 Å². The molecule has 0 radical (unpaired) electrons. The molecule has 1 N–H and O–H groups in total. The van der Waals surface area contributed by atoms with E-state index in [1.165, 1.54) is 0 Å². The van der Waals surface area contributed by atoms with Crippen molar-refractivity contribution in [3.63, 3.8) is 0 Å². The SMILES string of the molecule is Cn1cnnc1CN1CCCCCC1C(=O)O. The summed E-state index contributed by atoms with van der Waals surface area (Å²) >= 11 is 0. The Hall–Kier alpha value is -1.43. The van der Waals surface area contributed by atoms with Crippen LogP contribution in [0.15, 0.2) is 6.33 Å². The summed E-state index contributed by atoms with van der Waals surface area (Å²) in [5, 5.41) is 17.1. The third-order valence-electron chi connectivity index (χ3n) is 3.30. The van der Waals surface area contributed by atoms with Crippen molar-refractivity contribution in [1.82, 2.24) is 19.7 Å². The number of rotatable bonds is 3. The van der Waals surface area contributed by atoms with Gasteiger partial charge in [-0.3, -0.25) is 9.69 Å². The summed E-state index contributed by atoms with van der Waals surface area (Å²) in [5.74, 6) is 0.0900. The summed E-state index contributed by atoms with van der Waals surface area (Å²) < 4.78 is 1.84. The van der Waals surface area contributed by atoms with E-state index in [1.807, 2.05) is 16.5 Å². The molecule has 1 aliphatic heterocycles. The predicted molar refractivity (Wildman–Crippen MR) is 61.3 cm³/mol. The highest BCUT2D eigenvalue weighted by Gasteiger charge is 2.27. The lowest BCUT2D eigenvalue weighted by molar-refractivity contribution is -0.143. The Kier molecular flexibility index (Phi) is 3.73. The van der Waals surface area contributed by atoms with E-state index >= 15 is 0 Å². The van der Waals surface area contributed by atoms with E-state index in [-0.39, 0.29) is 6.04 Å². The summed E-state index contributed by atoms with van der Waals surface area (Å²) in [6.45, 7) is 1.39. The molecule has 1 fully saturated rings. The summed E-state index contributed by atoms with van der Waals surface area (Å²) in [4.78, 5) is 13.2. The average molecular weight is 238 g/mol. The molecule has 1 unspecified atom stereocenters. The van der Waals surface area contributed by atoms with Crippen molar-refractivity contribution in [1.29, 1.82) is 0 Å². The number of hydrogen-bond donors (Lipinski definition) is 1. The van der Waals surface area contributed by atoms with E-state index in [0.29, 0.717) is 6.54 Å². The molecule has 1 aromatic rings. The van der Waals surface area contributed by atoms with E-state index in [9.17, 15) is 9.90 Å². The molecule has 0 bridgehead atoms. The van der Waals surface area contributed by atoms with Gasteiger partial charge in [0.1, 0.15) is 18.2 Å². The molecule has 1 aromatic heterocycles. The number of aryl methyl sites for hydroxylation is 1. The minimum atomic E-state index is -0.728. The van der Waals surface area contributed by atoms with Crippen LogP contribution in [0.25, 0.3) is 0 Å². The molecule has 94 valence electrons. The number of aliphatic carboxylic acids is 1. The van der Waals surface area contributed by atoms with Gasteiger partial charge in [0.25, 0.3) is 0 Å². The van der Waals surface area contributed by atoms with E-state index in [0.717, 1.165) is 38.1 Å². The van der Waals surface area contributed by atoms with Crippen molar-refractivity contribution in [2.24, 2.45) is 7.05 Å². The van der Waals surface area contributed by atoms with Crippen LogP contribution < -0.4 is 0 Å². The summed E-state index contributed by atoms with van der Waals surface area (Å²) in [5.41, 5.74) is 0. The molecule has 0 aliphatic carbocycles. The number of carboxylic acid groups (broad SMARTS) is 1. The molecule has 6 heteroatoms. The minimum Gasteiger partial charge on any atom is -0.480 e. The lowest BCUT2D eigenvalue weighted by Gasteiger charge is -2.25. The number of nitrogens with zero attached hydrogens (tertiary/aromatic N) is 4. The zero-order chi connectivity index (χ0) is 12.3. The van der Waals surface area contributed by atoms with E-state index in [1.54, 1.807) is 6.33 Å². The molecule has 1 saturated heterocycles. The van der Waals surface area contributed by atoms with E-state index < -0.39 is 5.97 Å². The Morgan fingerprint density at radius 3 is 3.00 bits per heavy atom. The van der Waals surface area contributed by atoms with Gasteiger partial charge in [0.2, 0.25) is 0 Å². The van der Waals surface area contributed by atoms with Crippen LogP contribution in [0, 0.1) is 0 Å². The quantitative estimate of drug-likeness (QED) is 0.837. The fourth-order valence-electron chi connectivity index (χ4n) is 2.27. The largest absolute Gasteiger partial charge is 0.480 e. The first-order valence-corrected chi connectivity index (χ1v) is 5.98. The molecule has 0 spiro atoms. The van der Waals surface area contributed by atoms with Gasteiger partial charge in [-0.15, -0.1) is 10.2 Å². The van der Waals surface area contributed by atoms with Crippen molar-refractivity contribution < 1.29 is 9.90 Å². The maximum Gasteiger partial charge on any atom is 0.320 e. The fourth-order valence-corrected chi connectivity index (χ4v) is 2.27. The lowest BCUT2D eigenvalue weighted by Crippen LogP contribution is -2.40. The van der Waals surface area contributed by atoms with Crippen LogP contribution in [-0.2, 0) is 18.4 Å². The van der Waals surface area contributed by atoms with Crippen LogP contribution in [0.2, 0.25) is 0 Å². The van der Waals surface area contributed by atoms with Gasteiger partial charge in [-0.25, -0.2) is 0 Å². The van der Waals surface area contributed by atoms with Gasteiger partial charge in [-0.2, -0.15) is 0 Å². The van der Waals surface area contributed by atoms with E-state index in [4.69, 9.17) is 0 Å². The van der Waals surface area contributed by atoms with Crippen LogP contribution in [0.3, 0.4) is 0 Å². The molecule has 0 amide bonds. The Labute approximate surface area is 100 Å². The van der Waals surface area contributed by atoms with Crippen LogP contribution in [0.5, 0.6) is 0 Å². The average Bonchev–Trinajstić information content (AvgIpc) is 2.55. The second-order valence-corrected chi connectivity index (χ2v) is 4.53. The first-order valence-electron chi connectivity index (χ1n) is 5.98. The first-order chi connectivity index (χ1) is 8.18. The third-order valence-corrected chi connectivity index (χ3v) is 3.30. The Morgan fingerprint density at radius 1 is 1.53 bits per heavy atom. The molecule has 1 aliphatic rings. The topological polar surface area (TPSA) is 71.2 Å². The van der Waals surface area contributed by atoms with Gasteiger partial charge in [0, 0.05) is 7.05 Å². The molecule has 2 rings (SSSR count). The Balaban J connectivity index is 2.10. The van der Waals surface area contributed by atoms with Crippen LogP contribution >= 0.6 is 0 Å². The fraction of sp³-hybridized carbons (Fsp3) is 0.727. The maximum absolute atomic E-state index is 11.2. The Morgan fingerprint density at radius 2 is 2.35 bits per heavy atom. The third kappa shape index (κ3) is 2.82. The molecule has 6 nitrogen and oxygen atoms in total. The number of likely N-dealkylation sites (tertiary alicyclic amines) is 1. The highest BCUT2D eigenvalue weighted by molar-refractivity contribution is 5.73. The van der Waals surface area contributed by atoms with Gasteiger partial charge in [0.05, 0.1) is 6.54 Å². The summed E-state index contributed by atoms with van der Waals surface area (Å²) in [6, 6.07) is -0.380. The predicted octanol–water partition coefficient (Wildman–Crippen LogP) is 0.644. The molecule has 0 saturated carbocycles. The molecule has 2 heterocycles. The smallest absolute Gasteiger partial charge is 0.320 e. The van der Waals surface area contributed by atoms with Gasteiger partial charge < -0.3 is 9.67 Å². The Bertz CT molecular complexity index is 391. The first kappa shape index (κ1) is 12.0. The second-order valence-electron chi connectivity index (χ2n) is 4.53. The van der Waals surface area contributed by atoms with Crippen LogP contribution in [0.1, 0.15) is 31.5 Å². The number of carboxylic acids is 1. The molecular weight excluding hydrogens is 220 g/mol. The second kappa shape index (κ2) is 5.27. The van der Waals surface area contributed by atoms with Gasteiger partial charge >= 0.3 is 5.97 Å². The summed E-state index contributed by atoms with van der Waals surface area (Å²) in [7, 11) is 1.88. The van der Waals surface area contributed by atoms with Crippen molar-refractivity contribution in [3.05, 3.63) is 12.2 Å². The number of aromatic nitrogens is 3. The molecular formula is C11H18N4O2. The molecule has 1 atom stereocenters. The van der Waals surface area contributed by atoms with Crippen molar-refractivity contribution in [2.75, 3.05) is 6.54 Å². The highest BCUT2D eigenvalue weighted by atomic mass is 16.4. The summed E-state index contributed by atoms with van der Waals surface area (Å²) in [6.07, 6.45) is 5.53. The minimum absolute atomic E-state index is 0.380. The van der Waals surface area contributed by atoms with Crippen molar-refractivity contribution >= 4 is 5.97 Å². The molecule has 17 heavy (non-hydrogen) atoms. The zero-order valence-corrected chi connectivity index (χ0v) is 10.0. The van der Waals surface area contributed by atoms with Gasteiger partial charge in [0.15, 0.2) is 0 Å². The van der Waals surface area contributed by atoms with Gasteiger partial charge in [-0.1, -0.05) is 12.8 Å². The standard InChI is InChI=1S/C11H18N4O2/c1-14-8-12-13-10(14)7-15-6-4-2-3-5-9(15)11(16)17/h8-9H,2-7H2,1H3,(H,16,17). The monoisotopic (exact) mass is 238 g/mol. The lowest BCUT2D eigenvalue weighted by atomic mass is 10.1. The maximum atomic E-state index is 11.2. The normalized spacial score (nSPS) is 22.3. The van der Waals surface area contributed by atoms with Crippen molar-refractivity contribution in [3.8, 4) is 0 Å². The van der Waals surface area contributed by atoms with Crippen molar-refractivity contribution in [2.45, 2.75) is 38.3 Å². The zero-order valence-electron chi connectivity index (χ0n) is 10.0. The number of carbonyl (C=O) groups is 1. The highest BCUT2D eigenvalue weighted by Crippen LogP contribution is 2.18. The van der Waals surface area contributed by atoms with Crippen LogP contribution in [-0.4, -0.2) is 43.3 Å². The van der Waals surface area contributed by atoms with Gasteiger partial charge in [-0.05, 0) is 19.4 Å². The van der Waals surface area contributed by atoms with E-state index in [2.05, 4.69) is 10.2 Å². The molecule has 0 aromatic carbocycles. The number of hydrogen-bond acceptors (Lipinski definition) is 4.